The predicted molar refractivity (Wildman–Crippen MR) is 68.6 cm³/mol. The van der Waals surface area contributed by atoms with Crippen LogP contribution in [0, 0.1) is 5.41 Å². The van der Waals surface area contributed by atoms with Crippen LogP contribution in [0.25, 0.3) is 0 Å². The molecule has 0 amide bonds. The fraction of sp³-hybridized carbons (Fsp3) is 0.571. The topological polar surface area (TPSA) is 0 Å². The minimum absolute atomic E-state index is 0.0821. The number of halogens is 1. The van der Waals surface area contributed by atoms with Crippen molar-refractivity contribution in [3.63, 3.8) is 0 Å². The molecule has 0 aliphatic rings. The van der Waals surface area contributed by atoms with Crippen LogP contribution in [0.2, 0.25) is 0 Å². The van der Waals surface area contributed by atoms with Crippen molar-refractivity contribution in [2.24, 2.45) is 5.41 Å². The Bertz CT molecular complexity index is 303. The van der Waals surface area contributed by atoms with E-state index in [1.54, 1.807) is 0 Å². The lowest BCUT2D eigenvalue weighted by atomic mass is 9.87. The Balaban J connectivity index is 2.89. The molecule has 0 N–H and O–H groups in total. The van der Waals surface area contributed by atoms with Gasteiger partial charge in [-0.05, 0) is 22.5 Å². The zero-order valence-corrected chi connectivity index (χ0v) is 11.1. The van der Waals surface area contributed by atoms with E-state index in [0.717, 1.165) is 0 Å². The van der Waals surface area contributed by atoms with E-state index >= 15 is 0 Å². The Kier molecular flexibility index (Phi) is 3.83. The first-order valence-electron chi connectivity index (χ1n) is 5.56. The highest BCUT2D eigenvalue weighted by Gasteiger charge is 2.23. The van der Waals surface area contributed by atoms with Crippen molar-refractivity contribution in [2.45, 2.75) is 45.9 Å². The molecule has 1 atom stereocenters. The van der Waals surface area contributed by atoms with Crippen LogP contribution >= 0.6 is 11.6 Å². The van der Waals surface area contributed by atoms with Gasteiger partial charge in [-0.3, -0.25) is 0 Å². The summed E-state index contributed by atoms with van der Waals surface area (Å²) in [5.74, 6) is 0.586. The predicted octanol–water partition coefficient (Wildman–Crippen LogP) is 5.14. The van der Waals surface area contributed by atoms with Gasteiger partial charge >= 0.3 is 0 Å². The van der Waals surface area contributed by atoms with Gasteiger partial charge in [-0.25, -0.2) is 0 Å². The molecular weight excluding hydrogens is 204 g/mol. The first kappa shape index (κ1) is 12.6. The molecule has 0 aliphatic heterocycles. The lowest BCUT2D eigenvalue weighted by Crippen LogP contribution is -2.13. The third-order valence-corrected chi connectivity index (χ3v) is 3.56. The van der Waals surface area contributed by atoms with E-state index in [2.05, 4.69) is 58.9 Å². The lowest BCUT2D eigenvalue weighted by Gasteiger charge is -2.25. The largest absolute Gasteiger partial charge is 0.117 e. The van der Waals surface area contributed by atoms with Gasteiger partial charge in [0.1, 0.15) is 0 Å². The van der Waals surface area contributed by atoms with Gasteiger partial charge in [0.05, 0.1) is 5.38 Å². The van der Waals surface area contributed by atoms with Gasteiger partial charge in [0.25, 0.3) is 0 Å². The van der Waals surface area contributed by atoms with Crippen molar-refractivity contribution in [1.29, 1.82) is 0 Å². The van der Waals surface area contributed by atoms with Crippen molar-refractivity contribution >= 4 is 11.6 Å². The molecular formula is C14H21Cl. The van der Waals surface area contributed by atoms with Crippen LogP contribution in [0.4, 0.5) is 0 Å². The van der Waals surface area contributed by atoms with Gasteiger partial charge in [-0.1, -0.05) is 58.9 Å². The summed E-state index contributed by atoms with van der Waals surface area (Å²) in [4.78, 5) is 0. The van der Waals surface area contributed by atoms with Crippen LogP contribution in [0.15, 0.2) is 24.3 Å². The van der Waals surface area contributed by atoms with Gasteiger partial charge in [0.2, 0.25) is 0 Å². The van der Waals surface area contributed by atoms with Crippen LogP contribution in [0.3, 0.4) is 0 Å². The highest BCUT2D eigenvalue weighted by Crippen LogP contribution is 2.38. The quantitative estimate of drug-likeness (QED) is 0.611. The number of benzene rings is 1. The molecule has 1 aromatic carbocycles. The second-order valence-electron chi connectivity index (χ2n) is 5.55. The molecule has 0 aliphatic carbocycles. The van der Waals surface area contributed by atoms with E-state index in [1.165, 1.54) is 11.1 Å². The fourth-order valence-corrected chi connectivity index (χ4v) is 1.70. The number of hydrogen-bond donors (Lipinski definition) is 0. The van der Waals surface area contributed by atoms with Crippen LogP contribution in [0.1, 0.15) is 57.0 Å². The smallest absolute Gasteiger partial charge is 0.0633 e. The van der Waals surface area contributed by atoms with Crippen LogP contribution in [0.5, 0.6) is 0 Å². The van der Waals surface area contributed by atoms with Gasteiger partial charge in [-0.15, -0.1) is 11.6 Å². The van der Waals surface area contributed by atoms with Crippen molar-refractivity contribution in [3.05, 3.63) is 35.4 Å². The zero-order valence-electron chi connectivity index (χ0n) is 10.3. The monoisotopic (exact) mass is 224 g/mol. The summed E-state index contributed by atoms with van der Waals surface area (Å²) in [7, 11) is 0. The summed E-state index contributed by atoms with van der Waals surface area (Å²) in [6.45, 7) is 10.9. The summed E-state index contributed by atoms with van der Waals surface area (Å²) < 4.78 is 0. The first-order chi connectivity index (χ1) is 6.82. The van der Waals surface area contributed by atoms with E-state index in [0.29, 0.717) is 5.92 Å². The van der Waals surface area contributed by atoms with Crippen molar-refractivity contribution in [3.8, 4) is 0 Å². The van der Waals surface area contributed by atoms with Crippen molar-refractivity contribution in [2.75, 3.05) is 0 Å². The Hall–Kier alpha value is -0.490. The Labute approximate surface area is 98.7 Å². The highest BCUT2D eigenvalue weighted by atomic mass is 35.5. The van der Waals surface area contributed by atoms with Crippen molar-refractivity contribution in [1.82, 2.24) is 0 Å². The maximum atomic E-state index is 6.41. The Morgan fingerprint density at radius 1 is 0.933 bits per heavy atom. The zero-order chi connectivity index (χ0) is 11.6. The van der Waals surface area contributed by atoms with Gasteiger partial charge in [0.15, 0.2) is 0 Å². The van der Waals surface area contributed by atoms with E-state index in [1.807, 2.05) is 0 Å². The first-order valence-corrected chi connectivity index (χ1v) is 6.00. The van der Waals surface area contributed by atoms with E-state index < -0.39 is 0 Å². The molecule has 0 aromatic heterocycles. The van der Waals surface area contributed by atoms with E-state index in [4.69, 9.17) is 11.6 Å². The summed E-state index contributed by atoms with van der Waals surface area (Å²) in [5, 5.41) is 0.0821. The molecule has 84 valence electrons. The third-order valence-electron chi connectivity index (χ3n) is 2.66. The molecule has 1 unspecified atom stereocenters. The van der Waals surface area contributed by atoms with Crippen LogP contribution < -0.4 is 0 Å². The standard InChI is InChI=1S/C14H21Cl/c1-10(2)11-6-8-12(9-7-11)13(15)14(3,4)5/h6-10,13H,1-5H3. The number of hydrogen-bond acceptors (Lipinski definition) is 0. The fourth-order valence-electron chi connectivity index (χ4n) is 1.55. The van der Waals surface area contributed by atoms with Gasteiger partial charge < -0.3 is 0 Å². The average Bonchev–Trinajstić information content (AvgIpc) is 2.15. The highest BCUT2D eigenvalue weighted by molar-refractivity contribution is 6.21. The molecule has 0 spiro atoms. The molecule has 0 nitrogen and oxygen atoms in total. The molecule has 0 heterocycles. The molecule has 0 saturated carbocycles. The molecule has 0 saturated heterocycles. The van der Waals surface area contributed by atoms with Crippen LogP contribution in [-0.4, -0.2) is 0 Å². The summed E-state index contributed by atoms with van der Waals surface area (Å²) >= 11 is 6.41. The van der Waals surface area contributed by atoms with E-state index in [9.17, 15) is 0 Å². The maximum absolute atomic E-state index is 6.41. The molecule has 15 heavy (non-hydrogen) atoms. The average molecular weight is 225 g/mol. The van der Waals surface area contributed by atoms with Crippen molar-refractivity contribution < 1.29 is 0 Å². The molecule has 1 aromatic rings. The Morgan fingerprint density at radius 3 is 1.67 bits per heavy atom. The minimum atomic E-state index is 0.0821. The van der Waals surface area contributed by atoms with Crippen LogP contribution in [-0.2, 0) is 0 Å². The lowest BCUT2D eigenvalue weighted by molar-refractivity contribution is 0.396. The normalized spacial score (nSPS) is 14.3. The maximum Gasteiger partial charge on any atom is 0.0633 e. The SMILES string of the molecule is CC(C)c1ccc(C(Cl)C(C)(C)C)cc1. The molecule has 0 radical (unpaired) electrons. The Morgan fingerprint density at radius 2 is 1.33 bits per heavy atom. The summed E-state index contributed by atoms with van der Waals surface area (Å²) in [5.41, 5.74) is 2.70. The molecule has 1 rings (SSSR count). The molecule has 0 bridgehead atoms. The third kappa shape index (κ3) is 3.24. The minimum Gasteiger partial charge on any atom is -0.117 e. The second kappa shape index (κ2) is 4.57. The van der Waals surface area contributed by atoms with E-state index in [-0.39, 0.29) is 10.8 Å². The molecule has 0 fully saturated rings. The van der Waals surface area contributed by atoms with Gasteiger partial charge in [-0.2, -0.15) is 0 Å². The number of alkyl halides is 1. The summed E-state index contributed by atoms with van der Waals surface area (Å²) in [6.07, 6.45) is 0. The van der Waals surface area contributed by atoms with Gasteiger partial charge in [0, 0.05) is 0 Å². The molecule has 1 heteroatoms. The summed E-state index contributed by atoms with van der Waals surface area (Å²) in [6, 6.07) is 8.67. The second-order valence-corrected chi connectivity index (χ2v) is 5.99. The number of rotatable bonds is 2.